The lowest BCUT2D eigenvalue weighted by Crippen LogP contribution is -1.97. The Balaban J connectivity index is 1.91. The van der Waals surface area contributed by atoms with E-state index in [2.05, 4.69) is 0 Å². The molecule has 10 heavy (non-hydrogen) atoms. The number of rotatable bonds is 4. The average Bonchev–Trinajstić information content (AvgIpc) is 2.41. The lowest BCUT2D eigenvalue weighted by Gasteiger charge is -2.04. The zero-order valence-corrected chi connectivity index (χ0v) is 7.72. The highest BCUT2D eigenvalue weighted by Crippen LogP contribution is 2.39. The topological polar surface area (TPSA) is 20.2 Å². The van der Waals surface area contributed by atoms with Gasteiger partial charge in [-0.15, -0.1) is 0 Å². The molecule has 0 aromatic heterocycles. The first-order valence-corrected chi connectivity index (χ1v) is 6.21. The minimum atomic E-state index is 0.366. The van der Waals surface area contributed by atoms with Crippen molar-refractivity contribution in [2.45, 2.75) is 30.9 Å². The first kappa shape index (κ1) is 8.75. The zero-order valence-electron chi connectivity index (χ0n) is 6.08. The maximum Gasteiger partial charge on any atom is 0.0431 e. The molecule has 1 rings (SSSR count). The van der Waals surface area contributed by atoms with Crippen LogP contribution in [0.3, 0.4) is 0 Å². The molecular weight excluding hydrogens is 164 g/mol. The summed E-state index contributed by atoms with van der Waals surface area (Å²) in [6.07, 6.45) is 4.87. The second-order valence-corrected chi connectivity index (χ2v) is 5.34. The van der Waals surface area contributed by atoms with Crippen molar-refractivity contribution in [1.29, 1.82) is 0 Å². The molecule has 3 heteroatoms. The summed E-state index contributed by atoms with van der Waals surface area (Å²) in [4.78, 5) is 0. The maximum absolute atomic E-state index is 8.53. The van der Waals surface area contributed by atoms with Crippen molar-refractivity contribution in [1.82, 2.24) is 0 Å². The summed E-state index contributed by atoms with van der Waals surface area (Å²) >= 11 is 0. The molecule has 0 amide bonds. The summed E-state index contributed by atoms with van der Waals surface area (Å²) in [7, 11) is 4.02. The van der Waals surface area contributed by atoms with E-state index in [1.54, 1.807) is 0 Å². The Morgan fingerprint density at radius 3 is 2.90 bits per heavy atom. The minimum Gasteiger partial charge on any atom is -0.396 e. The SMILES string of the molecule is OCCCCC1CCSS1. The van der Waals surface area contributed by atoms with Gasteiger partial charge in [-0.3, -0.25) is 0 Å². The molecule has 0 saturated carbocycles. The number of unbranched alkanes of at least 4 members (excludes halogenated alkanes) is 1. The Bertz CT molecular complexity index is 81.7. The Hall–Kier alpha value is 0.660. The van der Waals surface area contributed by atoms with E-state index in [1.165, 1.54) is 25.0 Å². The van der Waals surface area contributed by atoms with Gasteiger partial charge in [0.25, 0.3) is 0 Å². The summed E-state index contributed by atoms with van der Waals surface area (Å²) in [5.41, 5.74) is 0. The third-order valence-electron chi connectivity index (χ3n) is 1.66. The highest BCUT2D eigenvalue weighted by atomic mass is 33.1. The first-order valence-electron chi connectivity index (χ1n) is 3.82. The second-order valence-electron chi connectivity index (χ2n) is 2.55. The van der Waals surface area contributed by atoms with Crippen molar-refractivity contribution in [3.05, 3.63) is 0 Å². The summed E-state index contributed by atoms with van der Waals surface area (Å²) in [6.45, 7) is 0.366. The number of hydrogen-bond acceptors (Lipinski definition) is 3. The van der Waals surface area contributed by atoms with Crippen LogP contribution in [0.2, 0.25) is 0 Å². The Labute approximate surface area is 70.4 Å². The molecule has 0 aromatic carbocycles. The zero-order chi connectivity index (χ0) is 7.23. The van der Waals surface area contributed by atoms with Crippen LogP contribution >= 0.6 is 21.6 Å². The molecule has 1 heterocycles. The van der Waals surface area contributed by atoms with Crippen LogP contribution in [0.25, 0.3) is 0 Å². The van der Waals surface area contributed by atoms with Crippen molar-refractivity contribution in [2.24, 2.45) is 0 Å². The van der Waals surface area contributed by atoms with Crippen LogP contribution in [0.1, 0.15) is 25.7 Å². The van der Waals surface area contributed by atoms with Gasteiger partial charge in [0.2, 0.25) is 0 Å². The van der Waals surface area contributed by atoms with Crippen LogP contribution in [-0.2, 0) is 0 Å². The van der Waals surface area contributed by atoms with Gasteiger partial charge < -0.3 is 5.11 Å². The average molecular weight is 178 g/mol. The van der Waals surface area contributed by atoms with Crippen molar-refractivity contribution < 1.29 is 5.11 Å². The maximum atomic E-state index is 8.53. The standard InChI is InChI=1S/C7H14OS2/c8-5-2-1-3-7-4-6-9-10-7/h7-8H,1-6H2. The van der Waals surface area contributed by atoms with Crippen LogP contribution in [0.15, 0.2) is 0 Å². The molecule has 0 aromatic rings. The van der Waals surface area contributed by atoms with Gasteiger partial charge in [0.15, 0.2) is 0 Å². The van der Waals surface area contributed by atoms with Gasteiger partial charge in [0.05, 0.1) is 0 Å². The summed E-state index contributed by atoms with van der Waals surface area (Å²) in [6, 6.07) is 0. The largest absolute Gasteiger partial charge is 0.396 e. The lowest BCUT2D eigenvalue weighted by molar-refractivity contribution is 0.283. The fourth-order valence-electron chi connectivity index (χ4n) is 1.05. The van der Waals surface area contributed by atoms with Gasteiger partial charge in [-0.1, -0.05) is 28.0 Å². The predicted molar refractivity (Wildman–Crippen MR) is 49.4 cm³/mol. The predicted octanol–water partition coefficient (Wildman–Crippen LogP) is 2.30. The van der Waals surface area contributed by atoms with Gasteiger partial charge in [0.1, 0.15) is 0 Å². The molecule has 1 fully saturated rings. The molecule has 0 spiro atoms. The molecule has 60 valence electrons. The molecule has 1 N–H and O–H groups in total. The number of hydrogen-bond donors (Lipinski definition) is 1. The molecule has 1 unspecified atom stereocenters. The Morgan fingerprint density at radius 1 is 1.40 bits per heavy atom. The lowest BCUT2D eigenvalue weighted by atomic mass is 10.1. The molecule has 1 atom stereocenters. The van der Waals surface area contributed by atoms with Crippen LogP contribution in [0.4, 0.5) is 0 Å². The van der Waals surface area contributed by atoms with E-state index in [0.717, 1.165) is 11.7 Å². The second kappa shape index (κ2) is 5.33. The van der Waals surface area contributed by atoms with Crippen molar-refractivity contribution >= 4 is 21.6 Å². The summed E-state index contributed by atoms with van der Waals surface area (Å²) < 4.78 is 0. The van der Waals surface area contributed by atoms with Gasteiger partial charge in [0, 0.05) is 17.6 Å². The van der Waals surface area contributed by atoms with Gasteiger partial charge in [-0.2, -0.15) is 0 Å². The van der Waals surface area contributed by atoms with E-state index in [0.29, 0.717) is 6.61 Å². The van der Waals surface area contributed by atoms with E-state index in [1.807, 2.05) is 21.6 Å². The van der Waals surface area contributed by atoms with Crippen LogP contribution in [-0.4, -0.2) is 22.7 Å². The fraction of sp³-hybridized carbons (Fsp3) is 1.00. The van der Waals surface area contributed by atoms with Crippen molar-refractivity contribution in [2.75, 3.05) is 12.4 Å². The van der Waals surface area contributed by atoms with E-state index >= 15 is 0 Å². The van der Waals surface area contributed by atoms with Crippen LogP contribution in [0.5, 0.6) is 0 Å². The van der Waals surface area contributed by atoms with Crippen molar-refractivity contribution in [3.8, 4) is 0 Å². The molecule has 1 aliphatic rings. The third-order valence-corrected chi connectivity index (χ3v) is 4.67. The smallest absolute Gasteiger partial charge is 0.0431 e. The first-order chi connectivity index (χ1) is 4.93. The minimum absolute atomic E-state index is 0.366. The van der Waals surface area contributed by atoms with E-state index in [9.17, 15) is 0 Å². The number of aliphatic hydroxyl groups is 1. The highest BCUT2D eigenvalue weighted by Gasteiger charge is 2.15. The summed E-state index contributed by atoms with van der Waals surface area (Å²) in [5.74, 6) is 1.33. The monoisotopic (exact) mass is 178 g/mol. The normalized spacial score (nSPS) is 25.5. The molecular formula is C7H14OS2. The quantitative estimate of drug-likeness (QED) is 0.527. The molecule has 0 bridgehead atoms. The Kier molecular flexibility index (Phi) is 4.66. The van der Waals surface area contributed by atoms with Gasteiger partial charge >= 0.3 is 0 Å². The van der Waals surface area contributed by atoms with Crippen LogP contribution in [0, 0.1) is 0 Å². The Morgan fingerprint density at radius 2 is 2.30 bits per heavy atom. The van der Waals surface area contributed by atoms with E-state index in [4.69, 9.17) is 5.11 Å². The van der Waals surface area contributed by atoms with Gasteiger partial charge in [-0.25, -0.2) is 0 Å². The molecule has 0 aliphatic carbocycles. The molecule has 1 nitrogen and oxygen atoms in total. The molecule has 0 radical (unpaired) electrons. The van der Waals surface area contributed by atoms with Crippen molar-refractivity contribution in [3.63, 3.8) is 0 Å². The number of aliphatic hydroxyl groups excluding tert-OH is 1. The van der Waals surface area contributed by atoms with E-state index in [-0.39, 0.29) is 0 Å². The van der Waals surface area contributed by atoms with Gasteiger partial charge in [-0.05, 0) is 19.3 Å². The van der Waals surface area contributed by atoms with Crippen LogP contribution < -0.4 is 0 Å². The van der Waals surface area contributed by atoms with E-state index < -0.39 is 0 Å². The molecule has 1 aliphatic heterocycles. The third kappa shape index (κ3) is 3.17. The summed E-state index contributed by atoms with van der Waals surface area (Å²) in [5, 5.41) is 9.41. The highest BCUT2D eigenvalue weighted by molar-refractivity contribution is 8.77. The molecule has 1 saturated heterocycles. The fourth-order valence-corrected chi connectivity index (χ4v) is 4.08.